The molecule has 100 valence electrons. The van der Waals surface area contributed by atoms with Gasteiger partial charge in [-0.25, -0.2) is 13.2 Å². The van der Waals surface area contributed by atoms with Crippen molar-refractivity contribution in [3.05, 3.63) is 35.1 Å². The average molecular weight is 260 g/mol. The molecule has 0 saturated heterocycles. The third kappa shape index (κ3) is 3.46. The topological polar surface area (TPSA) is 55.1 Å². The molecule has 1 atom stereocenters. The molecule has 0 aromatic heterocycles. The Kier molecular flexibility index (Phi) is 5.15. The number of carbonyl (C=O) groups excluding carboxylic acids is 1. The van der Waals surface area contributed by atoms with Gasteiger partial charge >= 0.3 is 0 Å². The van der Waals surface area contributed by atoms with E-state index in [1.165, 1.54) is 0 Å². The van der Waals surface area contributed by atoms with Crippen LogP contribution in [0.5, 0.6) is 0 Å². The first-order valence-electron chi connectivity index (χ1n) is 5.64. The van der Waals surface area contributed by atoms with Gasteiger partial charge in [-0.1, -0.05) is 6.92 Å². The van der Waals surface area contributed by atoms with E-state index in [0.29, 0.717) is 12.5 Å². The molecule has 1 unspecified atom stereocenters. The fraction of sp³-hybridized carbons (Fsp3) is 0.417. The van der Waals surface area contributed by atoms with Crippen LogP contribution in [0.2, 0.25) is 0 Å². The fourth-order valence-electron chi connectivity index (χ4n) is 1.37. The molecule has 1 aromatic carbocycles. The van der Waals surface area contributed by atoms with Gasteiger partial charge in [-0.3, -0.25) is 4.79 Å². The van der Waals surface area contributed by atoms with Crippen molar-refractivity contribution in [1.29, 1.82) is 0 Å². The van der Waals surface area contributed by atoms with Gasteiger partial charge in [0.15, 0.2) is 17.5 Å². The van der Waals surface area contributed by atoms with Gasteiger partial charge in [-0.05, 0) is 25.0 Å². The Morgan fingerprint density at radius 3 is 2.61 bits per heavy atom. The Balaban J connectivity index is 2.65. The minimum absolute atomic E-state index is 0.0555. The van der Waals surface area contributed by atoms with E-state index in [0.717, 1.165) is 12.5 Å². The summed E-state index contributed by atoms with van der Waals surface area (Å²) in [6.07, 6.45) is 1.29. The van der Waals surface area contributed by atoms with Crippen LogP contribution in [0.15, 0.2) is 12.1 Å². The van der Waals surface area contributed by atoms with Crippen molar-refractivity contribution in [3.8, 4) is 0 Å². The minimum Gasteiger partial charge on any atom is -0.352 e. The smallest absolute Gasteiger partial charge is 0.254 e. The van der Waals surface area contributed by atoms with Crippen molar-refractivity contribution in [3.63, 3.8) is 0 Å². The summed E-state index contributed by atoms with van der Waals surface area (Å²) in [6.45, 7) is 2.16. The van der Waals surface area contributed by atoms with Crippen molar-refractivity contribution in [2.45, 2.75) is 25.8 Å². The van der Waals surface area contributed by atoms with Gasteiger partial charge in [0.2, 0.25) is 0 Å². The van der Waals surface area contributed by atoms with E-state index in [1.54, 1.807) is 0 Å². The molecule has 0 aliphatic heterocycles. The summed E-state index contributed by atoms with van der Waals surface area (Å²) in [6, 6.07) is 1.56. The molecule has 0 aliphatic rings. The van der Waals surface area contributed by atoms with Gasteiger partial charge in [0.25, 0.3) is 5.91 Å². The van der Waals surface area contributed by atoms with E-state index in [-0.39, 0.29) is 12.6 Å². The van der Waals surface area contributed by atoms with Crippen LogP contribution in [-0.2, 0) is 0 Å². The highest BCUT2D eigenvalue weighted by Crippen LogP contribution is 2.14. The van der Waals surface area contributed by atoms with Gasteiger partial charge < -0.3 is 11.1 Å². The fourth-order valence-corrected chi connectivity index (χ4v) is 1.37. The zero-order valence-electron chi connectivity index (χ0n) is 9.97. The number of hydrogen-bond donors (Lipinski definition) is 2. The summed E-state index contributed by atoms with van der Waals surface area (Å²) in [5.74, 6) is -5.23. The van der Waals surface area contributed by atoms with Crippen molar-refractivity contribution < 1.29 is 18.0 Å². The molecule has 0 fully saturated rings. The number of benzene rings is 1. The standard InChI is InChI=1S/C12H15F3N2O/c1-2-7(16)5-6-17-12(18)8-3-4-9(13)11(15)10(8)14/h3-4,7H,2,5-6,16H2,1H3,(H,17,18). The maximum Gasteiger partial charge on any atom is 0.254 e. The second-order valence-electron chi connectivity index (χ2n) is 3.94. The number of nitrogens with two attached hydrogens (primary N) is 1. The molecule has 6 heteroatoms. The number of nitrogens with one attached hydrogen (secondary N) is 1. The van der Waals surface area contributed by atoms with E-state index in [9.17, 15) is 18.0 Å². The zero-order valence-corrected chi connectivity index (χ0v) is 9.97. The molecule has 0 heterocycles. The molecule has 0 radical (unpaired) electrons. The van der Waals surface area contributed by atoms with Crippen molar-refractivity contribution in [1.82, 2.24) is 5.32 Å². The summed E-state index contributed by atoms with van der Waals surface area (Å²) in [5, 5.41) is 2.40. The molecular formula is C12H15F3N2O. The Morgan fingerprint density at radius 1 is 1.33 bits per heavy atom. The molecule has 0 saturated carbocycles. The van der Waals surface area contributed by atoms with E-state index in [4.69, 9.17) is 5.73 Å². The molecule has 1 rings (SSSR count). The molecule has 1 amide bonds. The van der Waals surface area contributed by atoms with Crippen LogP contribution in [0.1, 0.15) is 30.1 Å². The average Bonchev–Trinajstić information content (AvgIpc) is 2.35. The highest BCUT2D eigenvalue weighted by atomic mass is 19.2. The monoisotopic (exact) mass is 260 g/mol. The van der Waals surface area contributed by atoms with E-state index in [2.05, 4.69) is 5.32 Å². The number of rotatable bonds is 5. The van der Waals surface area contributed by atoms with E-state index in [1.807, 2.05) is 6.92 Å². The first-order chi connectivity index (χ1) is 8.47. The Bertz CT molecular complexity index is 438. The largest absolute Gasteiger partial charge is 0.352 e. The SMILES string of the molecule is CCC(N)CCNC(=O)c1ccc(F)c(F)c1F. The number of carbonyl (C=O) groups is 1. The molecular weight excluding hydrogens is 245 g/mol. The lowest BCUT2D eigenvalue weighted by Crippen LogP contribution is -2.30. The highest BCUT2D eigenvalue weighted by molar-refractivity contribution is 5.94. The molecule has 0 bridgehead atoms. The third-order valence-corrected chi connectivity index (χ3v) is 2.60. The van der Waals surface area contributed by atoms with Crippen molar-refractivity contribution in [2.75, 3.05) is 6.54 Å². The van der Waals surface area contributed by atoms with Crippen molar-refractivity contribution in [2.24, 2.45) is 5.73 Å². The summed E-state index contributed by atoms with van der Waals surface area (Å²) >= 11 is 0. The third-order valence-electron chi connectivity index (χ3n) is 2.60. The van der Waals surface area contributed by atoms with Crippen LogP contribution in [0.3, 0.4) is 0 Å². The quantitative estimate of drug-likeness (QED) is 0.795. The Hall–Kier alpha value is -1.56. The van der Waals surface area contributed by atoms with Gasteiger partial charge in [0.05, 0.1) is 5.56 Å². The van der Waals surface area contributed by atoms with Gasteiger partial charge in [0, 0.05) is 12.6 Å². The van der Waals surface area contributed by atoms with Crippen molar-refractivity contribution >= 4 is 5.91 Å². The van der Waals surface area contributed by atoms with Crippen LogP contribution in [0.4, 0.5) is 13.2 Å². The maximum atomic E-state index is 13.3. The molecule has 3 N–H and O–H groups in total. The predicted octanol–water partition coefficient (Wildman–Crippen LogP) is 1.96. The Labute approximate surface area is 103 Å². The lowest BCUT2D eigenvalue weighted by Gasteiger charge is -2.10. The number of amides is 1. The molecule has 1 aromatic rings. The minimum atomic E-state index is -1.65. The van der Waals surface area contributed by atoms with Gasteiger partial charge in [0.1, 0.15) is 0 Å². The van der Waals surface area contributed by atoms with Crippen LogP contribution < -0.4 is 11.1 Å². The zero-order chi connectivity index (χ0) is 13.7. The lowest BCUT2D eigenvalue weighted by atomic mass is 10.1. The van der Waals surface area contributed by atoms with Crippen LogP contribution >= 0.6 is 0 Å². The first kappa shape index (κ1) is 14.5. The maximum absolute atomic E-state index is 13.3. The van der Waals surface area contributed by atoms with Crippen LogP contribution in [-0.4, -0.2) is 18.5 Å². The van der Waals surface area contributed by atoms with E-state index >= 15 is 0 Å². The first-order valence-corrected chi connectivity index (χ1v) is 5.64. The van der Waals surface area contributed by atoms with Crippen LogP contribution in [0.25, 0.3) is 0 Å². The molecule has 0 spiro atoms. The number of hydrogen-bond acceptors (Lipinski definition) is 2. The summed E-state index contributed by atoms with van der Waals surface area (Å²) in [5.41, 5.74) is 5.12. The van der Waals surface area contributed by atoms with Crippen LogP contribution in [0, 0.1) is 17.5 Å². The second-order valence-corrected chi connectivity index (χ2v) is 3.94. The normalized spacial score (nSPS) is 12.3. The highest BCUT2D eigenvalue weighted by Gasteiger charge is 2.18. The summed E-state index contributed by atoms with van der Waals surface area (Å²) in [4.78, 5) is 11.5. The number of halogens is 3. The van der Waals surface area contributed by atoms with Gasteiger partial charge in [-0.15, -0.1) is 0 Å². The molecule has 18 heavy (non-hydrogen) atoms. The summed E-state index contributed by atoms with van der Waals surface area (Å²) in [7, 11) is 0. The van der Waals surface area contributed by atoms with E-state index < -0.39 is 28.9 Å². The second kappa shape index (κ2) is 6.39. The lowest BCUT2D eigenvalue weighted by molar-refractivity contribution is 0.0947. The molecule has 3 nitrogen and oxygen atoms in total. The van der Waals surface area contributed by atoms with Gasteiger partial charge in [-0.2, -0.15) is 0 Å². The predicted molar refractivity (Wildman–Crippen MR) is 61.5 cm³/mol. The Morgan fingerprint density at radius 2 is 2.00 bits per heavy atom. The summed E-state index contributed by atoms with van der Waals surface area (Å²) < 4.78 is 38.8. The molecule has 0 aliphatic carbocycles.